The fourth-order valence-corrected chi connectivity index (χ4v) is 2.78. The van der Waals surface area contributed by atoms with Gasteiger partial charge in [0.15, 0.2) is 5.41 Å². The minimum absolute atomic E-state index is 0.0763. The maximum atomic E-state index is 12.2. The highest BCUT2D eigenvalue weighted by Crippen LogP contribution is 2.36. The van der Waals surface area contributed by atoms with E-state index in [1.165, 1.54) is 21.3 Å². The maximum absolute atomic E-state index is 12.2. The van der Waals surface area contributed by atoms with Crippen LogP contribution >= 0.6 is 15.9 Å². The van der Waals surface area contributed by atoms with Crippen LogP contribution in [0.5, 0.6) is 0 Å². The molecule has 6 nitrogen and oxygen atoms in total. The van der Waals surface area contributed by atoms with Crippen molar-refractivity contribution >= 4 is 33.8 Å². The van der Waals surface area contributed by atoms with Crippen LogP contribution < -0.4 is 0 Å². The summed E-state index contributed by atoms with van der Waals surface area (Å²) >= 11 is 3.20. The van der Waals surface area contributed by atoms with E-state index in [4.69, 9.17) is 9.47 Å². The van der Waals surface area contributed by atoms with E-state index in [2.05, 4.69) is 50.9 Å². The molecule has 0 aromatic carbocycles. The Morgan fingerprint density at radius 3 is 1.89 bits per heavy atom. The molecular formula is C20H25BrO6. The molecule has 0 saturated heterocycles. The summed E-state index contributed by atoms with van der Waals surface area (Å²) in [5, 5.41) is 0. The van der Waals surface area contributed by atoms with E-state index in [-0.39, 0.29) is 12.8 Å². The number of carbonyl (C=O) groups excluding carboxylic acids is 3. The molecule has 148 valence electrons. The van der Waals surface area contributed by atoms with Crippen LogP contribution in [0.3, 0.4) is 0 Å². The van der Waals surface area contributed by atoms with Gasteiger partial charge in [0.1, 0.15) is 0 Å². The van der Waals surface area contributed by atoms with Crippen LogP contribution in [0.15, 0.2) is 11.1 Å². The minimum atomic E-state index is -1.46. The van der Waals surface area contributed by atoms with Crippen molar-refractivity contribution in [1.29, 1.82) is 0 Å². The first kappa shape index (κ1) is 24.8. The van der Waals surface area contributed by atoms with Gasteiger partial charge in [-0.05, 0) is 23.7 Å². The van der Waals surface area contributed by atoms with Gasteiger partial charge in [0.05, 0.1) is 21.3 Å². The highest BCUT2D eigenvalue weighted by molar-refractivity contribution is 9.11. The van der Waals surface area contributed by atoms with Gasteiger partial charge in [-0.3, -0.25) is 9.59 Å². The second-order valence-electron chi connectivity index (χ2n) is 5.61. The van der Waals surface area contributed by atoms with E-state index < -0.39 is 23.3 Å². The SMILES string of the molecule is C=C(Br)CC(CCC#CCCCCC#CC(=O)OC)(C(=O)OC)C(=O)OC. The molecule has 0 amide bonds. The predicted octanol–water partition coefficient (Wildman–Crippen LogP) is 3.14. The Labute approximate surface area is 169 Å². The standard InChI is InChI=1S/C20H25BrO6/c1-16(21)15-20(18(23)26-3,19(24)27-4)14-12-10-8-6-5-7-9-11-13-17(22)25-2/h1,5-7,9,12,14-15H2,2-4H3. The van der Waals surface area contributed by atoms with Gasteiger partial charge < -0.3 is 14.2 Å². The Bertz CT molecular complexity index is 643. The third-order valence-corrected chi connectivity index (χ3v) is 3.96. The van der Waals surface area contributed by atoms with Crippen LogP contribution in [0.25, 0.3) is 0 Å². The Kier molecular flexibility index (Phi) is 12.7. The second kappa shape index (κ2) is 13.9. The molecule has 0 unspecified atom stereocenters. The van der Waals surface area contributed by atoms with Gasteiger partial charge in [0, 0.05) is 31.6 Å². The van der Waals surface area contributed by atoms with E-state index in [9.17, 15) is 14.4 Å². The third kappa shape index (κ3) is 9.30. The summed E-state index contributed by atoms with van der Waals surface area (Å²) in [7, 11) is 3.74. The van der Waals surface area contributed by atoms with Crippen LogP contribution in [-0.2, 0) is 28.6 Å². The van der Waals surface area contributed by atoms with Crippen molar-refractivity contribution in [3.8, 4) is 23.7 Å². The van der Waals surface area contributed by atoms with Gasteiger partial charge >= 0.3 is 17.9 Å². The molecule has 0 N–H and O–H groups in total. The van der Waals surface area contributed by atoms with Crippen molar-refractivity contribution in [2.24, 2.45) is 5.41 Å². The highest BCUT2D eigenvalue weighted by atomic mass is 79.9. The Morgan fingerprint density at radius 1 is 0.889 bits per heavy atom. The molecule has 0 saturated carbocycles. The average molecular weight is 441 g/mol. The summed E-state index contributed by atoms with van der Waals surface area (Å²) in [5.74, 6) is 9.19. The molecule has 0 aromatic rings. The largest absolute Gasteiger partial charge is 0.468 e. The van der Waals surface area contributed by atoms with E-state index in [0.29, 0.717) is 23.7 Å². The zero-order valence-corrected chi connectivity index (χ0v) is 17.6. The predicted molar refractivity (Wildman–Crippen MR) is 104 cm³/mol. The van der Waals surface area contributed by atoms with E-state index in [1.807, 2.05) is 0 Å². The van der Waals surface area contributed by atoms with Crippen molar-refractivity contribution in [2.75, 3.05) is 21.3 Å². The number of allylic oxidation sites excluding steroid dienone is 1. The summed E-state index contributed by atoms with van der Waals surface area (Å²) in [6.07, 6.45) is 3.50. The van der Waals surface area contributed by atoms with E-state index in [0.717, 1.165) is 12.8 Å². The van der Waals surface area contributed by atoms with Gasteiger partial charge in [-0.25, -0.2) is 4.79 Å². The Morgan fingerprint density at radius 2 is 1.41 bits per heavy atom. The number of esters is 3. The van der Waals surface area contributed by atoms with Gasteiger partial charge in [-0.15, -0.1) is 11.8 Å². The van der Waals surface area contributed by atoms with Crippen LogP contribution in [0.4, 0.5) is 0 Å². The lowest BCUT2D eigenvalue weighted by molar-refractivity contribution is -0.169. The zero-order valence-electron chi connectivity index (χ0n) is 16.0. The number of methoxy groups -OCH3 is 3. The number of unbranched alkanes of at least 4 members (excludes halogenated alkanes) is 3. The molecule has 0 aliphatic rings. The topological polar surface area (TPSA) is 78.9 Å². The van der Waals surface area contributed by atoms with Crippen LogP contribution in [0.2, 0.25) is 0 Å². The molecule has 0 radical (unpaired) electrons. The summed E-state index contributed by atoms with van der Waals surface area (Å²) in [4.78, 5) is 35.3. The van der Waals surface area contributed by atoms with Crippen LogP contribution in [0.1, 0.15) is 44.9 Å². The second-order valence-corrected chi connectivity index (χ2v) is 6.73. The first-order valence-corrected chi connectivity index (χ1v) is 9.16. The molecule has 0 bridgehead atoms. The smallest absolute Gasteiger partial charge is 0.384 e. The lowest BCUT2D eigenvalue weighted by atomic mass is 9.80. The van der Waals surface area contributed by atoms with Crippen molar-refractivity contribution in [3.05, 3.63) is 11.1 Å². The van der Waals surface area contributed by atoms with Crippen molar-refractivity contribution in [3.63, 3.8) is 0 Å². The molecule has 0 fully saturated rings. The Hall–Kier alpha value is -2.25. The van der Waals surface area contributed by atoms with Crippen LogP contribution in [-0.4, -0.2) is 39.2 Å². The number of carbonyl (C=O) groups is 3. The molecule has 7 heteroatoms. The maximum Gasteiger partial charge on any atom is 0.384 e. The summed E-state index contributed by atoms with van der Waals surface area (Å²) in [6, 6.07) is 0. The summed E-state index contributed by atoms with van der Waals surface area (Å²) in [5.41, 5.74) is -1.46. The fraction of sp³-hybridized carbons (Fsp3) is 0.550. The first-order chi connectivity index (χ1) is 12.8. The number of hydrogen-bond acceptors (Lipinski definition) is 6. The number of rotatable bonds is 9. The first-order valence-electron chi connectivity index (χ1n) is 8.36. The molecule has 0 heterocycles. The molecule has 0 rings (SSSR count). The van der Waals surface area contributed by atoms with Gasteiger partial charge in [0.2, 0.25) is 0 Å². The average Bonchev–Trinajstić information content (AvgIpc) is 2.66. The van der Waals surface area contributed by atoms with E-state index >= 15 is 0 Å². The quantitative estimate of drug-likeness (QED) is 0.137. The number of hydrogen-bond donors (Lipinski definition) is 0. The van der Waals surface area contributed by atoms with Gasteiger partial charge in [-0.1, -0.05) is 28.4 Å². The van der Waals surface area contributed by atoms with Gasteiger partial charge in [0.25, 0.3) is 0 Å². The van der Waals surface area contributed by atoms with E-state index in [1.54, 1.807) is 0 Å². The third-order valence-electron chi connectivity index (χ3n) is 3.68. The summed E-state index contributed by atoms with van der Waals surface area (Å²) in [6.45, 7) is 3.71. The molecule has 27 heavy (non-hydrogen) atoms. The lowest BCUT2D eigenvalue weighted by Crippen LogP contribution is -2.41. The molecule has 0 atom stereocenters. The van der Waals surface area contributed by atoms with Gasteiger partial charge in [-0.2, -0.15) is 0 Å². The molecule has 0 aliphatic heterocycles. The fourth-order valence-electron chi connectivity index (χ4n) is 2.30. The Balaban J connectivity index is 4.61. The lowest BCUT2D eigenvalue weighted by Gasteiger charge is -2.27. The minimum Gasteiger partial charge on any atom is -0.468 e. The molecule has 0 aromatic heterocycles. The molecule has 0 spiro atoms. The van der Waals surface area contributed by atoms with Crippen LogP contribution in [0, 0.1) is 29.1 Å². The normalized spacial score (nSPS) is 9.78. The monoisotopic (exact) mass is 440 g/mol. The van der Waals surface area contributed by atoms with Crippen molar-refractivity contribution in [1.82, 2.24) is 0 Å². The zero-order chi connectivity index (χ0) is 20.7. The molecular weight excluding hydrogens is 416 g/mol. The number of ether oxygens (including phenoxy) is 3. The molecule has 0 aliphatic carbocycles. The summed E-state index contributed by atoms with van der Waals surface area (Å²) < 4.78 is 14.5. The highest BCUT2D eigenvalue weighted by Gasteiger charge is 2.47. The van der Waals surface area contributed by atoms with Crippen molar-refractivity contribution in [2.45, 2.75) is 44.9 Å². The van der Waals surface area contributed by atoms with Crippen molar-refractivity contribution < 1.29 is 28.6 Å². The number of halogens is 1.